The summed E-state index contributed by atoms with van der Waals surface area (Å²) in [5.41, 5.74) is 2.72. The maximum absolute atomic E-state index is 5.94. The zero-order valence-electron chi connectivity index (χ0n) is 15.7. The van der Waals surface area contributed by atoms with E-state index in [1.807, 2.05) is 0 Å². The van der Waals surface area contributed by atoms with Crippen LogP contribution >= 0.6 is 0 Å². The molecule has 0 N–H and O–H groups in total. The van der Waals surface area contributed by atoms with Gasteiger partial charge in [-0.2, -0.15) is 0 Å². The Kier molecular flexibility index (Phi) is 6.18. The van der Waals surface area contributed by atoms with Crippen LogP contribution in [0.25, 0.3) is 0 Å². The summed E-state index contributed by atoms with van der Waals surface area (Å²) in [5, 5.41) is 0. The van der Waals surface area contributed by atoms with Crippen LogP contribution in [0.15, 0.2) is 24.3 Å². The largest absolute Gasteiger partial charge is 0.378 e. The van der Waals surface area contributed by atoms with Crippen LogP contribution in [0.4, 0.5) is 5.69 Å². The van der Waals surface area contributed by atoms with E-state index in [2.05, 4.69) is 54.8 Å². The van der Waals surface area contributed by atoms with Crippen LogP contribution in [-0.2, 0) is 4.74 Å². The first kappa shape index (κ1) is 17.8. The van der Waals surface area contributed by atoms with Crippen molar-refractivity contribution in [3.05, 3.63) is 29.8 Å². The predicted molar refractivity (Wildman–Crippen MR) is 102 cm³/mol. The highest BCUT2D eigenvalue weighted by Crippen LogP contribution is 2.26. The average Bonchev–Trinajstić information content (AvgIpc) is 2.81. The smallest absolute Gasteiger partial charge is 0.0601 e. The molecule has 0 radical (unpaired) electrons. The Morgan fingerprint density at radius 2 is 1.88 bits per heavy atom. The maximum atomic E-state index is 5.94. The van der Waals surface area contributed by atoms with Crippen molar-refractivity contribution in [1.82, 2.24) is 4.90 Å². The normalized spacial score (nSPS) is 26.6. The topological polar surface area (TPSA) is 15.7 Å². The van der Waals surface area contributed by atoms with Crippen LogP contribution in [0.2, 0.25) is 0 Å². The molecule has 0 bridgehead atoms. The van der Waals surface area contributed by atoms with Crippen molar-refractivity contribution >= 4 is 5.69 Å². The van der Waals surface area contributed by atoms with Crippen LogP contribution in [0.3, 0.4) is 0 Å². The van der Waals surface area contributed by atoms with E-state index in [0.29, 0.717) is 12.0 Å². The molecule has 2 heterocycles. The summed E-state index contributed by atoms with van der Waals surface area (Å²) >= 11 is 0. The van der Waals surface area contributed by atoms with Crippen LogP contribution in [0, 0.1) is 18.8 Å². The van der Waals surface area contributed by atoms with Gasteiger partial charge in [-0.05, 0) is 56.7 Å². The fourth-order valence-electron chi connectivity index (χ4n) is 4.06. The average molecular weight is 331 g/mol. The minimum Gasteiger partial charge on any atom is -0.378 e. The quantitative estimate of drug-likeness (QED) is 0.831. The molecule has 1 aromatic carbocycles. The lowest BCUT2D eigenvalue weighted by Gasteiger charge is -2.34. The number of anilines is 1. The molecule has 2 saturated heterocycles. The van der Waals surface area contributed by atoms with E-state index in [-0.39, 0.29) is 0 Å². The fourth-order valence-corrected chi connectivity index (χ4v) is 4.06. The van der Waals surface area contributed by atoms with Gasteiger partial charge < -0.3 is 14.5 Å². The number of hydrogen-bond donors (Lipinski definition) is 0. The molecule has 2 aliphatic heterocycles. The highest BCUT2D eigenvalue weighted by molar-refractivity contribution is 5.47. The third-order valence-corrected chi connectivity index (χ3v) is 5.67. The van der Waals surface area contributed by atoms with E-state index in [9.17, 15) is 0 Å². The Balaban J connectivity index is 1.51. The van der Waals surface area contributed by atoms with Crippen molar-refractivity contribution in [2.75, 3.05) is 44.2 Å². The molecule has 0 aromatic heterocycles. The minimum absolute atomic E-state index is 0.472. The van der Waals surface area contributed by atoms with Crippen LogP contribution < -0.4 is 4.90 Å². The van der Waals surface area contributed by atoms with Gasteiger partial charge in [0.15, 0.2) is 0 Å². The number of aryl methyl sites for hydroxylation is 1. The lowest BCUT2D eigenvalue weighted by atomic mass is 9.90. The van der Waals surface area contributed by atoms with Gasteiger partial charge in [0.2, 0.25) is 0 Å². The van der Waals surface area contributed by atoms with Gasteiger partial charge >= 0.3 is 0 Å². The van der Waals surface area contributed by atoms with Crippen molar-refractivity contribution in [3.63, 3.8) is 0 Å². The second kappa shape index (κ2) is 8.35. The Labute approximate surface area is 148 Å². The Bertz CT molecular complexity index is 499. The first-order valence-electron chi connectivity index (χ1n) is 9.77. The van der Waals surface area contributed by atoms with Crippen LogP contribution in [-0.4, -0.2) is 50.3 Å². The highest BCUT2D eigenvalue weighted by atomic mass is 16.5. The Morgan fingerprint density at radius 3 is 2.62 bits per heavy atom. The summed E-state index contributed by atoms with van der Waals surface area (Å²) < 4.78 is 5.94. The number of benzene rings is 1. The van der Waals surface area contributed by atoms with Crippen LogP contribution in [0.1, 0.15) is 38.7 Å². The van der Waals surface area contributed by atoms with Gasteiger partial charge in [-0.1, -0.05) is 31.5 Å². The second-order valence-electron chi connectivity index (χ2n) is 8.02. The lowest BCUT2D eigenvalue weighted by Crippen LogP contribution is -2.38. The highest BCUT2D eigenvalue weighted by Gasteiger charge is 2.27. The first-order chi connectivity index (χ1) is 11.6. The Morgan fingerprint density at radius 1 is 1.08 bits per heavy atom. The maximum Gasteiger partial charge on any atom is 0.0601 e. The van der Waals surface area contributed by atoms with Gasteiger partial charge in [0.05, 0.1) is 6.10 Å². The van der Waals surface area contributed by atoms with E-state index in [1.165, 1.54) is 56.7 Å². The van der Waals surface area contributed by atoms with Gasteiger partial charge in [-0.15, -0.1) is 0 Å². The standard InChI is InChI=1S/C21H34N2O/c1-17(2)21-15-19(9-14-24-21)16-22-10-4-11-23(13-12-22)20-7-5-18(3)6-8-20/h5-8,17,19,21H,4,9-16H2,1-3H3. The molecule has 24 heavy (non-hydrogen) atoms. The molecule has 3 rings (SSSR count). The number of ether oxygens (including phenoxy) is 1. The molecule has 0 saturated carbocycles. The summed E-state index contributed by atoms with van der Waals surface area (Å²) in [7, 11) is 0. The van der Waals surface area contributed by atoms with E-state index in [1.54, 1.807) is 0 Å². The molecule has 2 aliphatic rings. The zero-order chi connectivity index (χ0) is 16.9. The van der Waals surface area contributed by atoms with Crippen molar-refractivity contribution in [1.29, 1.82) is 0 Å². The summed E-state index contributed by atoms with van der Waals surface area (Å²) in [6.45, 7) is 13.7. The van der Waals surface area contributed by atoms with Crippen molar-refractivity contribution in [3.8, 4) is 0 Å². The van der Waals surface area contributed by atoms with E-state index in [0.717, 1.165) is 19.1 Å². The minimum atomic E-state index is 0.472. The fraction of sp³-hybridized carbons (Fsp3) is 0.714. The molecule has 134 valence electrons. The predicted octanol–water partition coefficient (Wildman–Crippen LogP) is 3.96. The first-order valence-corrected chi connectivity index (χ1v) is 9.77. The molecule has 2 atom stereocenters. The summed E-state index contributed by atoms with van der Waals surface area (Å²) in [6, 6.07) is 9.01. The van der Waals surface area contributed by atoms with Crippen molar-refractivity contribution in [2.45, 2.75) is 46.1 Å². The summed E-state index contributed by atoms with van der Waals surface area (Å²) in [4.78, 5) is 5.25. The molecule has 1 aromatic rings. The second-order valence-corrected chi connectivity index (χ2v) is 8.02. The van der Waals surface area contributed by atoms with Gasteiger partial charge in [0, 0.05) is 38.5 Å². The molecule has 0 amide bonds. The third-order valence-electron chi connectivity index (χ3n) is 5.67. The van der Waals surface area contributed by atoms with Gasteiger partial charge in [-0.25, -0.2) is 0 Å². The number of nitrogens with zero attached hydrogens (tertiary/aromatic N) is 2. The lowest BCUT2D eigenvalue weighted by molar-refractivity contribution is -0.0395. The molecular weight excluding hydrogens is 296 g/mol. The van der Waals surface area contributed by atoms with Gasteiger partial charge in [-0.3, -0.25) is 0 Å². The number of rotatable bonds is 4. The summed E-state index contributed by atoms with van der Waals surface area (Å²) in [6.07, 6.45) is 4.22. The molecular formula is C21H34N2O. The number of hydrogen-bond acceptors (Lipinski definition) is 3. The molecule has 0 spiro atoms. The van der Waals surface area contributed by atoms with Crippen molar-refractivity contribution < 1.29 is 4.74 Å². The molecule has 2 fully saturated rings. The third kappa shape index (κ3) is 4.73. The van der Waals surface area contributed by atoms with Gasteiger partial charge in [0.25, 0.3) is 0 Å². The van der Waals surface area contributed by atoms with E-state index in [4.69, 9.17) is 4.74 Å². The van der Waals surface area contributed by atoms with E-state index < -0.39 is 0 Å². The monoisotopic (exact) mass is 330 g/mol. The van der Waals surface area contributed by atoms with Crippen molar-refractivity contribution in [2.24, 2.45) is 11.8 Å². The molecule has 2 unspecified atom stereocenters. The van der Waals surface area contributed by atoms with Gasteiger partial charge in [0.1, 0.15) is 0 Å². The summed E-state index contributed by atoms with van der Waals surface area (Å²) in [5.74, 6) is 1.46. The Hall–Kier alpha value is -1.06. The zero-order valence-corrected chi connectivity index (χ0v) is 15.7. The van der Waals surface area contributed by atoms with Crippen LogP contribution in [0.5, 0.6) is 0 Å². The molecule has 3 heteroatoms. The SMILES string of the molecule is Cc1ccc(N2CCCN(CC3CCOC(C(C)C)C3)CC2)cc1. The molecule has 0 aliphatic carbocycles. The van der Waals surface area contributed by atoms with E-state index >= 15 is 0 Å². The molecule has 3 nitrogen and oxygen atoms in total.